The molecule has 0 radical (unpaired) electrons. The molecule has 0 bridgehead atoms. The lowest BCUT2D eigenvalue weighted by Crippen LogP contribution is -2.42. The average Bonchev–Trinajstić information content (AvgIpc) is 3.10. The van der Waals surface area contributed by atoms with Gasteiger partial charge in [-0.05, 0) is 32.9 Å². The molecule has 0 atom stereocenters. The monoisotopic (exact) mass is 314 g/mol. The molecule has 0 unspecified atom stereocenters. The highest BCUT2D eigenvalue weighted by Crippen LogP contribution is 2.08. The van der Waals surface area contributed by atoms with Crippen molar-refractivity contribution in [2.24, 2.45) is 0 Å². The summed E-state index contributed by atoms with van der Waals surface area (Å²) in [5.74, 6) is -0.432. The molecular formula is C14H14N6O3. The summed E-state index contributed by atoms with van der Waals surface area (Å²) in [5.41, 5.74) is 6.46. The molecule has 9 nitrogen and oxygen atoms in total. The van der Waals surface area contributed by atoms with Crippen molar-refractivity contribution in [3.63, 3.8) is 0 Å². The molecule has 3 aromatic rings. The molecule has 0 fully saturated rings. The van der Waals surface area contributed by atoms with E-state index in [2.05, 4.69) is 25.9 Å². The third kappa shape index (κ3) is 2.76. The van der Waals surface area contributed by atoms with Gasteiger partial charge >= 0.3 is 5.91 Å². The van der Waals surface area contributed by atoms with Crippen LogP contribution in [-0.2, 0) is 0 Å². The third-order valence-electron chi connectivity index (χ3n) is 3.21. The lowest BCUT2D eigenvalue weighted by molar-refractivity contribution is 0.0840. The number of carbonyl (C=O) groups is 2. The van der Waals surface area contributed by atoms with Crippen molar-refractivity contribution in [2.75, 3.05) is 0 Å². The Morgan fingerprint density at radius 2 is 1.87 bits per heavy atom. The first-order valence-electron chi connectivity index (χ1n) is 6.81. The largest absolute Gasteiger partial charge is 0.469 e. The highest BCUT2D eigenvalue weighted by atomic mass is 16.3. The number of aromatic nitrogens is 4. The van der Waals surface area contributed by atoms with E-state index in [-0.39, 0.29) is 5.82 Å². The Bertz CT molecular complexity index is 911. The number of carbonyl (C=O) groups excluding carboxylic acids is 2. The van der Waals surface area contributed by atoms with Gasteiger partial charge in [-0.3, -0.25) is 20.4 Å². The zero-order valence-corrected chi connectivity index (χ0v) is 12.7. The van der Waals surface area contributed by atoms with E-state index in [0.717, 1.165) is 11.4 Å². The van der Waals surface area contributed by atoms with Gasteiger partial charge in [0.15, 0.2) is 0 Å². The molecule has 2 amide bonds. The van der Waals surface area contributed by atoms with Crippen molar-refractivity contribution in [3.8, 4) is 0 Å². The maximum atomic E-state index is 12.1. The first kappa shape index (κ1) is 14.7. The van der Waals surface area contributed by atoms with Crippen LogP contribution in [0.25, 0.3) is 5.78 Å². The molecule has 0 aliphatic rings. The summed E-state index contributed by atoms with van der Waals surface area (Å²) >= 11 is 0. The molecule has 3 heterocycles. The molecule has 0 aromatic carbocycles. The Labute approximate surface area is 130 Å². The minimum absolute atomic E-state index is 0.0876. The second-order valence-corrected chi connectivity index (χ2v) is 4.98. The predicted molar refractivity (Wildman–Crippen MR) is 78.6 cm³/mol. The predicted octanol–water partition coefficient (Wildman–Crippen LogP) is 0.717. The fraction of sp³-hybridized carbons (Fsp3) is 0.214. The van der Waals surface area contributed by atoms with Crippen molar-refractivity contribution in [3.05, 3.63) is 46.9 Å². The Morgan fingerprint density at radius 1 is 1.13 bits per heavy atom. The highest BCUT2D eigenvalue weighted by Gasteiger charge is 2.17. The van der Waals surface area contributed by atoms with E-state index in [4.69, 9.17) is 4.42 Å². The lowest BCUT2D eigenvalue weighted by Gasteiger charge is -2.04. The smallest absolute Gasteiger partial charge is 0.309 e. The molecule has 23 heavy (non-hydrogen) atoms. The zero-order valence-electron chi connectivity index (χ0n) is 12.7. The zero-order chi connectivity index (χ0) is 16.6. The molecule has 2 N–H and O–H groups in total. The number of hydrogen-bond acceptors (Lipinski definition) is 6. The van der Waals surface area contributed by atoms with Crippen molar-refractivity contribution >= 4 is 17.6 Å². The van der Waals surface area contributed by atoms with E-state index in [9.17, 15) is 9.59 Å². The van der Waals surface area contributed by atoms with Gasteiger partial charge in [-0.15, -0.1) is 5.10 Å². The number of fused-ring (bicyclic) bond motifs is 1. The molecular weight excluding hydrogens is 300 g/mol. The molecule has 3 rings (SSSR count). The number of aryl methyl sites for hydroxylation is 3. The van der Waals surface area contributed by atoms with Gasteiger partial charge in [0.1, 0.15) is 5.76 Å². The number of nitrogens with one attached hydrogen (secondary N) is 2. The Hall–Kier alpha value is -3.23. The van der Waals surface area contributed by atoms with Gasteiger partial charge in [0.2, 0.25) is 5.82 Å². The topological polar surface area (TPSA) is 114 Å². The van der Waals surface area contributed by atoms with Crippen LogP contribution in [-0.4, -0.2) is 31.4 Å². The third-order valence-corrected chi connectivity index (χ3v) is 3.21. The highest BCUT2D eigenvalue weighted by molar-refractivity contribution is 5.98. The standard InChI is InChI=1S/C14H14N6O3/c1-7-6-8(2)20-14(15-7)16-11(19-20)13(22)18-17-12(21)10-4-5-23-9(10)3/h4-6H,1-3H3,(H,17,21)(H,18,22). The number of amides is 2. The first-order valence-corrected chi connectivity index (χ1v) is 6.81. The minimum atomic E-state index is -0.637. The normalized spacial score (nSPS) is 10.7. The van der Waals surface area contributed by atoms with E-state index >= 15 is 0 Å². The van der Waals surface area contributed by atoms with E-state index in [1.807, 2.05) is 19.9 Å². The first-order chi connectivity index (χ1) is 11.0. The fourth-order valence-corrected chi connectivity index (χ4v) is 2.12. The van der Waals surface area contributed by atoms with Crippen LogP contribution in [0.15, 0.2) is 22.8 Å². The number of furan rings is 1. The lowest BCUT2D eigenvalue weighted by atomic mass is 10.2. The molecule has 118 valence electrons. The van der Waals surface area contributed by atoms with Crippen LogP contribution in [0, 0.1) is 20.8 Å². The molecule has 0 saturated heterocycles. The second kappa shape index (κ2) is 5.52. The van der Waals surface area contributed by atoms with E-state index in [0.29, 0.717) is 17.1 Å². The summed E-state index contributed by atoms with van der Waals surface area (Å²) < 4.78 is 6.49. The van der Waals surface area contributed by atoms with Crippen molar-refractivity contribution in [1.29, 1.82) is 0 Å². The van der Waals surface area contributed by atoms with Crippen molar-refractivity contribution < 1.29 is 14.0 Å². The van der Waals surface area contributed by atoms with Gasteiger partial charge < -0.3 is 4.42 Å². The summed E-state index contributed by atoms with van der Waals surface area (Å²) in [5, 5.41) is 4.07. The number of hydrazine groups is 1. The van der Waals surface area contributed by atoms with Crippen LogP contribution in [0.3, 0.4) is 0 Å². The fourth-order valence-electron chi connectivity index (χ4n) is 2.12. The van der Waals surface area contributed by atoms with Crippen LogP contribution < -0.4 is 10.9 Å². The average molecular weight is 314 g/mol. The number of rotatable bonds is 2. The Balaban J connectivity index is 1.75. The Morgan fingerprint density at radius 3 is 2.57 bits per heavy atom. The van der Waals surface area contributed by atoms with Crippen LogP contribution >= 0.6 is 0 Å². The van der Waals surface area contributed by atoms with Crippen molar-refractivity contribution in [2.45, 2.75) is 20.8 Å². The summed E-state index contributed by atoms with van der Waals surface area (Å²) in [7, 11) is 0. The van der Waals surface area contributed by atoms with Gasteiger partial charge in [0, 0.05) is 11.4 Å². The van der Waals surface area contributed by atoms with E-state index < -0.39 is 11.8 Å². The molecule has 0 spiro atoms. The summed E-state index contributed by atoms with van der Waals surface area (Å²) in [6.07, 6.45) is 1.40. The summed E-state index contributed by atoms with van der Waals surface area (Å²) in [6.45, 7) is 5.31. The molecule has 9 heteroatoms. The van der Waals surface area contributed by atoms with Crippen LogP contribution in [0.1, 0.15) is 38.1 Å². The van der Waals surface area contributed by atoms with Gasteiger partial charge in [-0.1, -0.05) is 0 Å². The molecule has 0 aliphatic heterocycles. The summed E-state index contributed by atoms with van der Waals surface area (Å²) in [6, 6.07) is 3.34. The maximum Gasteiger partial charge on any atom is 0.309 e. The molecule has 3 aromatic heterocycles. The molecule has 0 aliphatic carbocycles. The SMILES string of the molecule is Cc1cc(C)n2nc(C(=O)NNC(=O)c3ccoc3C)nc2n1. The van der Waals surface area contributed by atoms with Crippen LogP contribution in [0.5, 0.6) is 0 Å². The van der Waals surface area contributed by atoms with Gasteiger partial charge in [0.25, 0.3) is 11.7 Å². The van der Waals surface area contributed by atoms with E-state index in [1.165, 1.54) is 16.8 Å². The van der Waals surface area contributed by atoms with Crippen LogP contribution in [0.2, 0.25) is 0 Å². The van der Waals surface area contributed by atoms with Crippen LogP contribution in [0.4, 0.5) is 0 Å². The van der Waals surface area contributed by atoms with Crippen molar-refractivity contribution in [1.82, 2.24) is 30.4 Å². The number of nitrogens with zero attached hydrogens (tertiary/aromatic N) is 4. The number of hydrogen-bond donors (Lipinski definition) is 2. The quantitative estimate of drug-likeness (QED) is 0.674. The minimum Gasteiger partial charge on any atom is -0.469 e. The molecule has 0 saturated carbocycles. The van der Waals surface area contributed by atoms with Gasteiger partial charge in [-0.25, -0.2) is 9.50 Å². The van der Waals surface area contributed by atoms with Gasteiger partial charge in [0.05, 0.1) is 11.8 Å². The van der Waals surface area contributed by atoms with Gasteiger partial charge in [-0.2, -0.15) is 4.98 Å². The second-order valence-electron chi connectivity index (χ2n) is 4.98. The Kier molecular flexibility index (Phi) is 3.53. The van der Waals surface area contributed by atoms with E-state index in [1.54, 1.807) is 6.92 Å². The summed E-state index contributed by atoms with van der Waals surface area (Å²) in [4.78, 5) is 32.2. The maximum absolute atomic E-state index is 12.1.